The SMILES string of the molecule is CC(C)(CN=C1CCC1)CC(=O)O. The number of aliphatic imine (C=N–C) groups is 1. The van der Waals surface area contributed by atoms with Gasteiger partial charge in [0.25, 0.3) is 0 Å². The van der Waals surface area contributed by atoms with Gasteiger partial charge in [0.05, 0.1) is 6.42 Å². The third-order valence-electron chi connectivity index (χ3n) is 2.29. The van der Waals surface area contributed by atoms with Crippen LogP contribution in [0.4, 0.5) is 0 Å². The third kappa shape index (κ3) is 3.57. The Hall–Kier alpha value is -0.860. The van der Waals surface area contributed by atoms with Crippen molar-refractivity contribution >= 4 is 11.7 Å². The summed E-state index contributed by atoms with van der Waals surface area (Å²) in [6.07, 6.45) is 3.67. The zero-order valence-corrected chi connectivity index (χ0v) is 8.34. The summed E-state index contributed by atoms with van der Waals surface area (Å²) in [5, 5.41) is 8.64. The summed E-state index contributed by atoms with van der Waals surface area (Å²) in [6.45, 7) is 4.54. The van der Waals surface area contributed by atoms with Gasteiger partial charge in [-0.2, -0.15) is 0 Å². The summed E-state index contributed by atoms with van der Waals surface area (Å²) in [5.41, 5.74) is 1.06. The predicted molar refractivity (Wildman–Crippen MR) is 52.2 cm³/mol. The van der Waals surface area contributed by atoms with E-state index in [2.05, 4.69) is 4.99 Å². The summed E-state index contributed by atoms with van der Waals surface area (Å²) in [7, 11) is 0. The molecule has 13 heavy (non-hydrogen) atoms. The van der Waals surface area contributed by atoms with Gasteiger partial charge in [-0.05, 0) is 24.7 Å². The monoisotopic (exact) mass is 183 g/mol. The van der Waals surface area contributed by atoms with Crippen molar-refractivity contribution in [3.8, 4) is 0 Å². The predicted octanol–water partition coefficient (Wildman–Crippen LogP) is 2.11. The summed E-state index contributed by atoms with van der Waals surface area (Å²) >= 11 is 0. The normalized spacial score (nSPS) is 16.6. The van der Waals surface area contributed by atoms with Crippen LogP contribution < -0.4 is 0 Å². The van der Waals surface area contributed by atoms with Gasteiger partial charge in [-0.25, -0.2) is 0 Å². The maximum absolute atomic E-state index is 10.5. The Bertz CT molecular complexity index is 225. The molecule has 0 amide bonds. The molecule has 0 aliphatic heterocycles. The van der Waals surface area contributed by atoms with Gasteiger partial charge in [-0.15, -0.1) is 0 Å². The molecule has 0 atom stereocenters. The van der Waals surface area contributed by atoms with Crippen LogP contribution in [0.3, 0.4) is 0 Å². The van der Waals surface area contributed by atoms with Gasteiger partial charge in [-0.1, -0.05) is 13.8 Å². The molecule has 1 saturated carbocycles. The highest BCUT2D eigenvalue weighted by atomic mass is 16.4. The molecule has 3 heteroatoms. The Morgan fingerprint density at radius 3 is 2.54 bits per heavy atom. The third-order valence-corrected chi connectivity index (χ3v) is 2.29. The molecule has 1 rings (SSSR count). The summed E-state index contributed by atoms with van der Waals surface area (Å²) in [6, 6.07) is 0. The fourth-order valence-electron chi connectivity index (χ4n) is 1.28. The number of carboxylic acids is 1. The van der Waals surface area contributed by atoms with E-state index in [0.717, 1.165) is 12.8 Å². The van der Waals surface area contributed by atoms with Crippen molar-refractivity contribution in [1.29, 1.82) is 0 Å². The number of carboxylic acid groups (broad SMARTS) is 1. The summed E-state index contributed by atoms with van der Waals surface area (Å²) < 4.78 is 0. The lowest BCUT2D eigenvalue weighted by Crippen LogP contribution is -2.22. The summed E-state index contributed by atoms with van der Waals surface area (Å²) in [4.78, 5) is 14.9. The van der Waals surface area contributed by atoms with Crippen LogP contribution in [0.15, 0.2) is 4.99 Å². The Morgan fingerprint density at radius 1 is 1.54 bits per heavy atom. The zero-order valence-electron chi connectivity index (χ0n) is 8.34. The quantitative estimate of drug-likeness (QED) is 0.725. The highest BCUT2D eigenvalue weighted by molar-refractivity contribution is 5.89. The first-order valence-electron chi connectivity index (χ1n) is 4.74. The number of hydrogen-bond acceptors (Lipinski definition) is 2. The van der Waals surface area contributed by atoms with E-state index in [9.17, 15) is 4.79 Å². The van der Waals surface area contributed by atoms with Gasteiger partial charge < -0.3 is 5.11 Å². The minimum atomic E-state index is -0.737. The van der Waals surface area contributed by atoms with Crippen LogP contribution in [0, 0.1) is 5.41 Å². The van der Waals surface area contributed by atoms with Crippen molar-refractivity contribution in [3.63, 3.8) is 0 Å². The van der Waals surface area contributed by atoms with Gasteiger partial charge >= 0.3 is 5.97 Å². The molecule has 1 aliphatic rings. The van der Waals surface area contributed by atoms with E-state index in [0.29, 0.717) is 6.54 Å². The van der Waals surface area contributed by atoms with Crippen LogP contribution >= 0.6 is 0 Å². The maximum atomic E-state index is 10.5. The van der Waals surface area contributed by atoms with Gasteiger partial charge in [0, 0.05) is 12.3 Å². The van der Waals surface area contributed by atoms with E-state index < -0.39 is 5.97 Å². The van der Waals surface area contributed by atoms with E-state index in [1.54, 1.807) is 0 Å². The number of carbonyl (C=O) groups is 1. The maximum Gasteiger partial charge on any atom is 0.303 e. The average Bonchev–Trinajstić information content (AvgIpc) is 1.79. The molecule has 1 fully saturated rings. The molecule has 0 saturated heterocycles. The fraction of sp³-hybridized carbons (Fsp3) is 0.800. The number of hydrogen-bond donors (Lipinski definition) is 1. The van der Waals surface area contributed by atoms with E-state index in [1.807, 2.05) is 13.8 Å². The van der Waals surface area contributed by atoms with Crippen LogP contribution in [-0.2, 0) is 4.79 Å². The molecule has 0 radical (unpaired) electrons. The minimum Gasteiger partial charge on any atom is -0.481 e. The molecule has 0 spiro atoms. The molecular formula is C10H17NO2. The van der Waals surface area contributed by atoms with Crippen LogP contribution in [0.2, 0.25) is 0 Å². The number of rotatable bonds is 4. The number of aliphatic carboxylic acids is 1. The molecule has 0 unspecified atom stereocenters. The summed E-state index contributed by atoms with van der Waals surface area (Å²) in [5.74, 6) is -0.737. The second-order valence-corrected chi connectivity index (χ2v) is 4.47. The van der Waals surface area contributed by atoms with Crippen LogP contribution in [0.25, 0.3) is 0 Å². The standard InChI is InChI=1S/C10H17NO2/c1-10(2,6-9(12)13)7-11-8-4-3-5-8/h3-7H2,1-2H3,(H,12,13). The van der Waals surface area contributed by atoms with Gasteiger partial charge in [-0.3, -0.25) is 9.79 Å². The van der Waals surface area contributed by atoms with E-state index >= 15 is 0 Å². The molecule has 3 nitrogen and oxygen atoms in total. The first-order valence-corrected chi connectivity index (χ1v) is 4.74. The first kappa shape index (κ1) is 10.2. The molecule has 1 aliphatic carbocycles. The molecule has 0 aromatic heterocycles. The topological polar surface area (TPSA) is 49.7 Å². The smallest absolute Gasteiger partial charge is 0.303 e. The van der Waals surface area contributed by atoms with Crippen LogP contribution in [0.1, 0.15) is 39.5 Å². The Kier molecular flexibility index (Phi) is 3.07. The Balaban J connectivity index is 2.36. The lowest BCUT2D eigenvalue weighted by atomic mass is 9.89. The fourth-order valence-corrected chi connectivity index (χ4v) is 1.28. The molecule has 1 N–H and O–H groups in total. The van der Waals surface area contributed by atoms with Gasteiger partial charge in [0.15, 0.2) is 0 Å². The first-order chi connectivity index (χ1) is 5.99. The van der Waals surface area contributed by atoms with Crippen molar-refractivity contribution in [1.82, 2.24) is 0 Å². The highest BCUT2D eigenvalue weighted by Gasteiger charge is 2.22. The van der Waals surface area contributed by atoms with Crippen molar-refractivity contribution in [2.75, 3.05) is 6.54 Å². The van der Waals surface area contributed by atoms with Crippen LogP contribution in [0.5, 0.6) is 0 Å². The average molecular weight is 183 g/mol. The van der Waals surface area contributed by atoms with Gasteiger partial charge in [0.2, 0.25) is 0 Å². The molecular weight excluding hydrogens is 166 g/mol. The second-order valence-electron chi connectivity index (χ2n) is 4.47. The molecule has 74 valence electrons. The molecule has 0 aromatic rings. The largest absolute Gasteiger partial charge is 0.481 e. The molecule has 0 heterocycles. The molecule has 0 bridgehead atoms. The highest BCUT2D eigenvalue weighted by Crippen LogP contribution is 2.22. The van der Waals surface area contributed by atoms with Crippen molar-refractivity contribution in [2.45, 2.75) is 39.5 Å². The Labute approximate surface area is 78.9 Å². The van der Waals surface area contributed by atoms with Crippen molar-refractivity contribution in [3.05, 3.63) is 0 Å². The van der Waals surface area contributed by atoms with Gasteiger partial charge in [0.1, 0.15) is 0 Å². The van der Waals surface area contributed by atoms with E-state index in [-0.39, 0.29) is 11.8 Å². The lowest BCUT2D eigenvalue weighted by molar-refractivity contribution is -0.139. The Morgan fingerprint density at radius 2 is 2.15 bits per heavy atom. The van der Waals surface area contributed by atoms with E-state index in [1.165, 1.54) is 12.1 Å². The van der Waals surface area contributed by atoms with E-state index in [4.69, 9.17) is 5.11 Å². The minimum absolute atomic E-state index is 0.198. The zero-order chi connectivity index (χ0) is 9.90. The molecule has 0 aromatic carbocycles. The van der Waals surface area contributed by atoms with Crippen molar-refractivity contribution in [2.24, 2.45) is 10.4 Å². The van der Waals surface area contributed by atoms with Crippen molar-refractivity contribution < 1.29 is 9.90 Å². The second kappa shape index (κ2) is 3.90. The lowest BCUT2D eigenvalue weighted by Gasteiger charge is -2.22. The van der Waals surface area contributed by atoms with Crippen LogP contribution in [-0.4, -0.2) is 23.3 Å². The number of nitrogens with zero attached hydrogens (tertiary/aromatic N) is 1.